The van der Waals surface area contributed by atoms with Gasteiger partial charge < -0.3 is 0 Å². The van der Waals surface area contributed by atoms with Crippen molar-refractivity contribution in [1.82, 2.24) is 9.97 Å². The topological polar surface area (TPSA) is 72.0 Å². The Hall–Kier alpha value is -1.37. The highest BCUT2D eigenvalue weighted by atomic mass is 35.5. The molecule has 0 aliphatic heterocycles. The fraction of sp³-hybridized carbons (Fsp3) is 0.231. The lowest BCUT2D eigenvalue weighted by molar-refractivity contribution is 0.599. The average Bonchev–Trinajstić information content (AvgIpc) is 3.19. The summed E-state index contributed by atoms with van der Waals surface area (Å²) in [6, 6.07) is 8.63. The van der Waals surface area contributed by atoms with E-state index in [9.17, 15) is 8.42 Å². The van der Waals surface area contributed by atoms with E-state index in [-0.39, 0.29) is 16.9 Å². The Balaban J connectivity index is 1.76. The Morgan fingerprint density at radius 1 is 1.19 bits per heavy atom. The highest BCUT2D eigenvalue weighted by molar-refractivity contribution is 7.93. The van der Waals surface area contributed by atoms with Crippen molar-refractivity contribution in [1.29, 1.82) is 0 Å². The molecule has 0 amide bonds. The van der Waals surface area contributed by atoms with E-state index in [1.165, 1.54) is 12.4 Å². The van der Waals surface area contributed by atoms with Crippen molar-refractivity contribution in [2.75, 3.05) is 4.72 Å². The van der Waals surface area contributed by atoms with Crippen molar-refractivity contribution in [3.8, 4) is 0 Å². The molecule has 2 atom stereocenters. The SMILES string of the molecule is O=S(=O)(Nc1cc(Cl)ncn1)C1CC1c1cccc(Cl)c1. The second kappa shape index (κ2) is 5.44. The molecule has 1 N–H and O–H groups in total. The first-order valence-electron chi connectivity index (χ1n) is 6.20. The second-order valence-electron chi connectivity index (χ2n) is 4.81. The maximum absolute atomic E-state index is 12.3. The predicted molar refractivity (Wildman–Crippen MR) is 82.2 cm³/mol. The van der Waals surface area contributed by atoms with Crippen LogP contribution in [0.2, 0.25) is 10.2 Å². The quantitative estimate of drug-likeness (QED) is 0.865. The predicted octanol–water partition coefficient (Wildman–Crippen LogP) is 3.08. The molecule has 0 radical (unpaired) electrons. The number of rotatable bonds is 4. The van der Waals surface area contributed by atoms with Gasteiger partial charge in [-0.25, -0.2) is 18.4 Å². The number of hydrogen-bond donors (Lipinski definition) is 1. The molecule has 1 fully saturated rings. The van der Waals surface area contributed by atoms with Crippen LogP contribution < -0.4 is 4.72 Å². The van der Waals surface area contributed by atoms with Crippen LogP contribution in [0.3, 0.4) is 0 Å². The average molecular weight is 344 g/mol. The van der Waals surface area contributed by atoms with Crippen molar-refractivity contribution in [2.24, 2.45) is 0 Å². The van der Waals surface area contributed by atoms with Gasteiger partial charge in [0.1, 0.15) is 17.3 Å². The van der Waals surface area contributed by atoms with Crippen LogP contribution in [-0.4, -0.2) is 23.6 Å². The Morgan fingerprint density at radius 2 is 2.00 bits per heavy atom. The van der Waals surface area contributed by atoms with E-state index in [0.29, 0.717) is 11.4 Å². The van der Waals surface area contributed by atoms with Crippen molar-refractivity contribution in [2.45, 2.75) is 17.6 Å². The number of nitrogens with zero attached hydrogens (tertiary/aromatic N) is 2. The maximum Gasteiger partial charge on any atom is 0.237 e. The lowest BCUT2D eigenvalue weighted by atomic mass is 10.1. The van der Waals surface area contributed by atoms with Crippen LogP contribution in [0, 0.1) is 0 Å². The first-order chi connectivity index (χ1) is 9.95. The lowest BCUT2D eigenvalue weighted by Gasteiger charge is -2.07. The normalized spacial score (nSPS) is 21.0. The van der Waals surface area contributed by atoms with Gasteiger partial charge in [0.05, 0.1) is 5.25 Å². The molecule has 1 aliphatic carbocycles. The Kier molecular flexibility index (Phi) is 3.77. The van der Waals surface area contributed by atoms with Gasteiger partial charge in [-0.2, -0.15) is 0 Å². The van der Waals surface area contributed by atoms with Crippen LogP contribution in [-0.2, 0) is 10.0 Å². The van der Waals surface area contributed by atoms with Crippen LogP contribution in [0.4, 0.5) is 5.82 Å². The number of halogens is 2. The second-order valence-corrected chi connectivity index (χ2v) is 7.53. The molecule has 8 heteroatoms. The molecule has 110 valence electrons. The zero-order valence-corrected chi connectivity index (χ0v) is 13.0. The first kappa shape index (κ1) is 14.6. The van der Waals surface area contributed by atoms with E-state index in [0.717, 1.165) is 5.56 Å². The van der Waals surface area contributed by atoms with Gasteiger partial charge >= 0.3 is 0 Å². The van der Waals surface area contributed by atoms with E-state index in [1.807, 2.05) is 12.1 Å². The van der Waals surface area contributed by atoms with E-state index in [2.05, 4.69) is 14.7 Å². The monoisotopic (exact) mass is 343 g/mol. The minimum Gasteiger partial charge on any atom is -0.267 e. The maximum atomic E-state index is 12.3. The zero-order valence-electron chi connectivity index (χ0n) is 10.7. The summed E-state index contributed by atoms with van der Waals surface area (Å²) in [7, 11) is -3.51. The molecular weight excluding hydrogens is 333 g/mol. The van der Waals surface area contributed by atoms with Gasteiger partial charge in [-0.1, -0.05) is 35.3 Å². The van der Waals surface area contributed by atoms with Gasteiger partial charge in [0, 0.05) is 17.0 Å². The summed E-state index contributed by atoms with van der Waals surface area (Å²) in [5, 5.41) is 0.306. The van der Waals surface area contributed by atoms with Crippen LogP contribution in [0.25, 0.3) is 0 Å². The highest BCUT2D eigenvalue weighted by Gasteiger charge is 2.48. The number of aromatic nitrogens is 2. The minimum atomic E-state index is -3.51. The summed E-state index contributed by atoms with van der Waals surface area (Å²) in [5.41, 5.74) is 0.929. The molecular formula is C13H11Cl2N3O2S. The Bertz CT molecular complexity index is 782. The molecule has 1 aliphatic rings. The third-order valence-electron chi connectivity index (χ3n) is 3.29. The van der Waals surface area contributed by atoms with Gasteiger partial charge in [0.15, 0.2) is 0 Å². The summed E-state index contributed by atoms with van der Waals surface area (Å²) in [6.07, 6.45) is 1.77. The fourth-order valence-corrected chi connectivity index (χ4v) is 4.16. The molecule has 0 spiro atoms. The van der Waals surface area contributed by atoms with Crippen molar-refractivity contribution in [3.63, 3.8) is 0 Å². The minimum absolute atomic E-state index is 0.0430. The third-order valence-corrected chi connectivity index (χ3v) is 5.54. The van der Waals surface area contributed by atoms with E-state index < -0.39 is 15.3 Å². The molecule has 2 aromatic rings. The van der Waals surface area contributed by atoms with E-state index >= 15 is 0 Å². The number of nitrogens with one attached hydrogen (secondary N) is 1. The van der Waals surface area contributed by atoms with Crippen LogP contribution >= 0.6 is 23.2 Å². The molecule has 1 heterocycles. The molecule has 1 aromatic heterocycles. The molecule has 1 aromatic carbocycles. The third kappa shape index (κ3) is 3.28. The zero-order chi connectivity index (χ0) is 15.0. The van der Waals surface area contributed by atoms with Gasteiger partial charge in [0.25, 0.3) is 0 Å². The van der Waals surface area contributed by atoms with Gasteiger partial charge in [-0.05, 0) is 24.1 Å². The van der Waals surface area contributed by atoms with E-state index in [4.69, 9.17) is 23.2 Å². The first-order valence-corrected chi connectivity index (χ1v) is 8.50. The summed E-state index contributed by atoms with van der Waals surface area (Å²) in [5.74, 6) is 0.130. The number of hydrogen-bond acceptors (Lipinski definition) is 4. The van der Waals surface area contributed by atoms with Gasteiger partial charge in [-0.3, -0.25) is 4.72 Å². The van der Waals surface area contributed by atoms with E-state index in [1.54, 1.807) is 12.1 Å². The Morgan fingerprint density at radius 3 is 2.71 bits per heavy atom. The van der Waals surface area contributed by atoms with Crippen LogP contribution in [0.5, 0.6) is 0 Å². The highest BCUT2D eigenvalue weighted by Crippen LogP contribution is 2.46. The largest absolute Gasteiger partial charge is 0.267 e. The van der Waals surface area contributed by atoms with Gasteiger partial charge in [0.2, 0.25) is 10.0 Å². The summed E-state index contributed by atoms with van der Waals surface area (Å²) in [4.78, 5) is 7.55. The number of sulfonamides is 1. The van der Waals surface area contributed by atoms with Crippen molar-refractivity contribution < 1.29 is 8.42 Å². The Labute approximate surface area is 132 Å². The molecule has 1 saturated carbocycles. The standard InChI is InChI=1S/C13H11Cl2N3O2S/c14-9-3-1-2-8(4-9)10-5-11(10)21(19,20)18-13-6-12(15)16-7-17-13/h1-4,6-7,10-11H,5H2,(H,16,17,18). The summed E-state index contributed by atoms with van der Waals surface area (Å²) < 4.78 is 27.0. The van der Waals surface area contributed by atoms with Crippen LogP contribution in [0.15, 0.2) is 36.7 Å². The number of anilines is 1. The molecule has 0 bridgehead atoms. The molecule has 2 unspecified atom stereocenters. The van der Waals surface area contributed by atoms with Crippen molar-refractivity contribution >= 4 is 39.0 Å². The number of benzene rings is 1. The summed E-state index contributed by atoms with van der Waals surface area (Å²) in [6.45, 7) is 0. The smallest absolute Gasteiger partial charge is 0.237 e. The fourth-order valence-electron chi connectivity index (χ4n) is 2.21. The van der Waals surface area contributed by atoms with Gasteiger partial charge in [-0.15, -0.1) is 0 Å². The molecule has 5 nitrogen and oxygen atoms in total. The molecule has 21 heavy (non-hydrogen) atoms. The van der Waals surface area contributed by atoms with Crippen molar-refractivity contribution in [3.05, 3.63) is 52.4 Å². The lowest BCUT2D eigenvalue weighted by Crippen LogP contribution is -2.19. The summed E-state index contributed by atoms with van der Waals surface area (Å²) >= 11 is 11.6. The molecule has 3 rings (SSSR count). The molecule has 0 saturated heterocycles. The van der Waals surface area contributed by atoms with Crippen LogP contribution in [0.1, 0.15) is 17.9 Å².